The number of carboxylic acids is 1. The van der Waals surface area contributed by atoms with Gasteiger partial charge in [0.15, 0.2) is 0 Å². The summed E-state index contributed by atoms with van der Waals surface area (Å²) in [6.45, 7) is 2.84. The van der Waals surface area contributed by atoms with E-state index >= 15 is 0 Å². The van der Waals surface area contributed by atoms with E-state index in [1.165, 1.54) is 11.9 Å². The second-order valence-electron chi connectivity index (χ2n) is 7.76. The third-order valence-electron chi connectivity index (χ3n) is 5.53. The van der Waals surface area contributed by atoms with Crippen LogP contribution in [0.5, 0.6) is 0 Å². The van der Waals surface area contributed by atoms with Crippen molar-refractivity contribution in [3.8, 4) is 22.5 Å². The van der Waals surface area contributed by atoms with E-state index in [0.717, 1.165) is 52.9 Å². The van der Waals surface area contributed by atoms with Gasteiger partial charge in [-0.15, -0.1) is 0 Å². The number of carboxylic acid groups (broad SMARTS) is 1. The minimum Gasteiger partial charge on any atom is -0.481 e. The molecule has 0 bridgehead atoms. The Balaban J connectivity index is 1.71. The molecule has 4 rings (SSSR count). The number of fused-ring (bicyclic) bond motifs is 1. The molecule has 32 heavy (non-hydrogen) atoms. The summed E-state index contributed by atoms with van der Waals surface area (Å²) >= 11 is 0. The number of aliphatic carboxylic acids is 1. The molecule has 2 heterocycles. The summed E-state index contributed by atoms with van der Waals surface area (Å²) in [4.78, 5) is 19.6. The Bertz CT molecular complexity index is 1180. The van der Waals surface area contributed by atoms with Gasteiger partial charge >= 0.3 is 5.97 Å². The fourth-order valence-electron chi connectivity index (χ4n) is 3.83. The van der Waals surface area contributed by atoms with E-state index in [1.54, 1.807) is 0 Å². The molecule has 0 atom stereocenters. The van der Waals surface area contributed by atoms with Crippen molar-refractivity contribution in [2.24, 2.45) is 0 Å². The van der Waals surface area contributed by atoms with Gasteiger partial charge in [-0.25, -0.2) is 9.97 Å². The Hall–Kier alpha value is -3.67. The number of nitrogens with one attached hydrogen (secondary N) is 1. The van der Waals surface area contributed by atoms with Crippen LogP contribution in [-0.4, -0.2) is 27.6 Å². The number of benzene rings is 2. The highest BCUT2D eigenvalue weighted by Gasteiger charge is 2.22. The van der Waals surface area contributed by atoms with Crippen LogP contribution in [0.2, 0.25) is 0 Å². The van der Waals surface area contributed by atoms with Gasteiger partial charge in [-0.05, 0) is 30.4 Å². The quantitative estimate of drug-likeness (QED) is 0.293. The summed E-state index contributed by atoms with van der Waals surface area (Å²) in [5.41, 5.74) is 4.84. The number of hydrogen-bond donors (Lipinski definition) is 2. The van der Waals surface area contributed by atoms with Gasteiger partial charge in [0.2, 0.25) is 5.71 Å². The summed E-state index contributed by atoms with van der Waals surface area (Å²) in [6, 6.07) is 18.6. The third-order valence-corrected chi connectivity index (χ3v) is 5.53. The maximum Gasteiger partial charge on any atom is 0.303 e. The monoisotopic (exact) mass is 429 g/mol. The largest absolute Gasteiger partial charge is 0.481 e. The Morgan fingerprint density at radius 2 is 1.75 bits per heavy atom. The standard InChI is InChI=1S/C26H27N3O3/c1-2-18-12-14-19(15-13-18)22-23-25(27-16-8-4-7-11-21(30)31)28-17-29-26(23)32-24(22)20-9-5-3-6-10-20/h3,5-6,9-10,12-15,17H,2,4,7-8,11,16H2,1H3,(H,30,31)(H,27,28,29). The summed E-state index contributed by atoms with van der Waals surface area (Å²) in [5.74, 6) is 0.754. The Labute approximate surface area is 187 Å². The van der Waals surface area contributed by atoms with E-state index in [2.05, 4.69) is 46.5 Å². The molecule has 6 nitrogen and oxygen atoms in total. The number of anilines is 1. The van der Waals surface area contributed by atoms with E-state index < -0.39 is 5.97 Å². The molecule has 0 radical (unpaired) electrons. The number of aromatic nitrogens is 2. The topological polar surface area (TPSA) is 88.3 Å². The molecule has 2 aromatic heterocycles. The number of nitrogens with zero attached hydrogens (tertiary/aromatic N) is 2. The molecule has 4 aromatic rings. The van der Waals surface area contributed by atoms with Crippen LogP contribution < -0.4 is 5.32 Å². The molecule has 0 fully saturated rings. The first kappa shape index (κ1) is 21.6. The molecule has 2 N–H and O–H groups in total. The summed E-state index contributed by atoms with van der Waals surface area (Å²) in [5, 5.41) is 13.1. The molecule has 164 valence electrons. The van der Waals surface area contributed by atoms with Gasteiger partial charge < -0.3 is 14.8 Å². The lowest BCUT2D eigenvalue weighted by atomic mass is 9.98. The number of unbranched alkanes of at least 4 members (excludes halogenated alkanes) is 2. The van der Waals surface area contributed by atoms with E-state index in [9.17, 15) is 4.79 Å². The van der Waals surface area contributed by atoms with Gasteiger partial charge in [-0.1, -0.05) is 67.9 Å². The fraction of sp³-hybridized carbons (Fsp3) is 0.269. The van der Waals surface area contributed by atoms with Crippen LogP contribution in [0.15, 0.2) is 65.3 Å². The highest BCUT2D eigenvalue weighted by Crippen LogP contribution is 2.42. The van der Waals surface area contributed by atoms with Crippen LogP contribution in [0.25, 0.3) is 33.6 Å². The molecular formula is C26H27N3O3. The Morgan fingerprint density at radius 3 is 2.47 bits per heavy atom. The zero-order valence-electron chi connectivity index (χ0n) is 18.2. The lowest BCUT2D eigenvalue weighted by Crippen LogP contribution is -2.04. The van der Waals surface area contributed by atoms with Crippen LogP contribution in [0.4, 0.5) is 5.82 Å². The lowest BCUT2D eigenvalue weighted by molar-refractivity contribution is -0.137. The minimum atomic E-state index is -0.749. The number of carbonyl (C=O) groups is 1. The summed E-state index contributed by atoms with van der Waals surface area (Å²) in [6.07, 6.45) is 5.09. The maximum absolute atomic E-state index is 10.7. The predicted molar refractivity (Wildman–Crippen MR) is 127 cm³/mol. The van der Waals surface area contributed by atoms with Gasteiger partial charge in [0, 0.05) is 24.1 Å². The molecule has 0 aliphatic carbocycles. The maximum atomic E-state index is 10.7. The van der Waals surface area contributed by atoms with Crippen molar-refractivity contribution in [2.75, 3.05) is 11.9 Å². The normalized spacial score (nSPS) is 11.0. The van der Waals surface area contributed by atoms with Gasteiger partial charge in [0.1, 0.15) is 17.9 Å². The van der Waals surface area contributed by atoms with Crippen molar-refractivity contribution in [1.29, 1.82) is 0 Å². The molecule has 0 saturated carbocycles. The number of furan rings is 1. The number of hydrogen-bond acceptors (Lipinski definition) is 5. The molecule has 0 spiro atoms. The van der Waals surface area contributed by atoms with Crippen LogP contribution in [-0.2, 0) is 11.2 Å². The molecular weight excluding hydrogens is 402 g/mol. The van der Waals surface area contributed by atoms with Crippen LogP contribution in [0.1, 0.15) is 38.2 Å². The average molecular weight is 430 g/mol. The van der Waals surface area contributed by atoms with Crippen molar-refractivity contribution in [3.05, 3.63) is 66.5 Å². The van der Waals surface area contributed by atoms with E-state index in [0.29, 0.717) is 18.7 Å². The first-order chi connectivity index (χ1) is 15.7. The smallest absolute Gasteiger partial charge is 0.303 e. The molecule has 6 heteroatoms. The first-order valence-electron chi connectivity index (χ1n) is 11.0. The SMILES string of the molecule is CCc1ccc(-c2c(-c3ccccc3)oc3ncnc(NCCCCCC(=O)O)c23)cc1. The first-order valence-corrected chi connectivity index (χ1v) is 11.0. The van der Waals surface area contributed by atoms with Gasteiger partial charge in [0.25, 0.3) is 0 Å². The lowest BCUT2D eigenvalue weighted by Gasteiger charge is -2.09. The zero-order chi connectivity index (χ0) is 22.3. The average Bonchev–Trinajstić information content (AvgIpc) is 3.22. The van der Waals surface area contributed by atoms with Crippen LogP contribution >= 0.6 is 0 Å². The predicted octanol–water partition coefficient (Wildman–Crippen LogP) is 6.18. The van der Waals surface area contributed by atoms with E-state index in [4.69, 9.17) is 9.52 Å². The molecule has 0 aliphatic heterocycles. The zero-order valence-corrected chi connectivity index (χ0v) is 18.2. The molecule has 2 aromatic carbocycles. The van der Waals surface area contributed by atoms with Gasteiger partial charge in [-0.2, -0.15) is 0 Å². The number of rotatable bonds is 10. The molecule has 0 saturated heterocycles. The highest BCUT2D eigenvalue weighted by molar-refractivity contribution is 6.05. The van der Waals surface area contributed by atoms with Gasteiger partial charge in [-0.3, -0.25) is 4.79 Å². The molecule has 0 unspecified atom stereocenters. The second-order valence-corrected chi connectivity index (χ2v) is 7.76. The number of aryl methyl sites for hydroxylation is 1. The second kappa shape index (κ2) is 10.1. The van der Waals surface area contributed by atoms with Crippen molar-refractivity contribution in [2.45, 2.75) is 39.0 Å². The van der Waals surface area contributed by atoms with Gasteiger partial charge in [0.05, 0.1) is 5.39 Å². The van der Waals surface area contributed by atoms with E-state index in [-0.39, 0.29) is 6.42 Å². The van der Waals surface area contributed by atoms with Crippen LogP contribution in [0, 0.1) is 0 Å². The highest BCUT2D eigenvalue weighted by atomic mass is 16.4. The molecule has 0 aliphatic rings. The minimum absolute atomic E-state index is 0.206. The van der Waals surface area contributed by atoms with Crippen LogP contribution in [0.3, 0.4) is 0 Å². The van der Waals surface area contributed by atoms with Crippen molar-refractivity contribution >= 4 is 22.9 Å². The van der Waals surface area contributed by atoms with Crippen molar-refractivity contribution in [3.63, 3.8) is 0 Å². The van der Waals surface area contributed by atoms with Crippen molar-refractivity contribution in [1.82, 2.24) is 9.97 Å². The summed E-state index contributed by atoms with van der Waals surface area (Å²) in [7, 11) is 0. The van der Waals surface area contributed by atoms with E-state index in [1.807, 2.05) is 30.3 Å². The fourth-order valence-corrected chi connectivity index (χ4v) is 3.83. The molecule has 0 amide bonds. The summed E-state index contributed by atoms with van der Waals surface area (Å²) < 4.78 is 6.25. The third kappa shape index (κ3) is 4.80. The van der Waals surface area contributed by atoms with Crippen molar-refractivity contribution < 1.29 is 14.3 Å². The Morgan fingerprint density at radius 1 is 0.969 bits per heavy atom. The Kier molecular flexibility index (Phi) is 6.80.